The average molecular weight is 607 g/mol. The number of sulfonamides is 1. The van der Waals surface area contributed by atoms with Gasteiger partial charge in [0.15, 0.2) is 0 Å². The molecule has 11 heteroatoms. The molecule has 0 aliphatic heterocycles. The topological polar surface area (TPSA) is 96.0 Å². The van der Waals surface area contributed by atoms with Crippen molar-refractivity contribution in [3.05, 3.63) is 87.9 Å². The summed E-state index contributed by atoms with van der Waals surface area (Å²) in [6.07, 6.45) is 0. The molecular formula is C29H33Cl2N3O5S. The fourth-order valence-corrected chi connectivity index (χ4v) is 5.67. The number of carbonyl (C=O) groups excluding carboxylic acids is 2. The summed E-state index contributed by atoms with van der Waals surface area (Å²) in [5, 5.41) is 3.47. The van der Waals surface area contributed by atoms with E-state index in [4.69, 9.17) is 27.9 Å². The van der Waals surface area contributed by atoms with Gasteiger partial charge in [0.25, 0.3) is 10.0 Å². The second-order valence-corrected chi connectivity index (χ2v) is 12.3. The third-order valence-corrected chi connectivity index (χ3v) is 8.71. The maximum Gasteiger partial charge on any atom is 0.264 e. The zero-order valence-electron chi connectivity index (χ0n) is 23.0. The number of halogens is 2. The van der Waals surface area contributed by atoms with Crippen molar-refractivity contribution in [2.45, 2.75) is 51.2 Å². The van der Waals surface area contributed by atoms with E-state index in [2.05, 4.69) is 5.32 Å². The van der Waals surface area contributed by atoms with Crippen LogP contribution in [-0.2, 0) is 26.2 Å². The van der Waals surface area contributed by atoms with E-state index < -0.39 is 28.5 Å². The number of carbonyl (C=O) groups is 2. The van der Waals surface area contributed by atoms with Crippen LogP contribution in [0.5, 0.6) is 5.75 Å². The van der Waals surface area contributed by atoms with Crippen molar-refractivity contribution in [3.63, 3.8) is 0 Å². The number of anilines is 1. The smallest absolute Gasteiger partial charge is 0.264 e. The van der Waals surface area contributed by atoms with Gasteiger partial charge < -0.3 is 15.0 Å². The zero-order chi connectivity index (χ0) is 29.6. The third-order valence-electron chi connectivity index (χ3n) is 6.18. The van der Waals surface area contributed by atoms with Crippen LogP contribution in [0.1, 0.15) is 31.9 Å². The summed E-state index contributed by atoms with van der Waals surface area (Å²) in [6.45, 7) is 6.53. The summed E-state index contributed by atoms with van der Waals surface area (Å²) < 4.78 is 34.0. The minimum absolute atomic E-state index is 0.00341. The Morgan fingerprint density at radius 1 is 0.925 bits per heavy atom. The number of amides is 2. The van der Waals surface area contributed by atoms with Crippen LogP contribution in [0.4, 0.5) is 5.69 Å². The first-order chi connectivity index (χ1) is 18.8. The molecule has 0 aliphatic rings. The van der Waals surface area contributed by atoms with Crippen LogP contribution in [0.15, 0.2) is 71.6 Å². The second kappa shape index (κ2) is 13.4. The number of nitrogens with one attached hydrogen (secondary N) is 1. The molecule has 0 spiro atoms. The molecule has 0 heterocycles. The molecule has 214 valence electrons. The Kier molecular flexibility index (Phi) is 10.5. The molecule has 0 bridgehead atoms. The number of nitrogens with zero attached hydrogens (tertiary/aromatic N) is 2. The van der Waals surface area contributed by atoms with Crippen molar-refractivity contribution in [2.24, 2.45) is 0 Å². The Bertz CT molecular complexity index is 1450. The van der Waals surface area contributed by atoms with Crippen molar-refractivity contribution in [1.29, 1.82) is 0 Å². The van der Waals surface area contributed by atoms with E-state index in [1.54, 1.807) is 61.5 Å². The van der Waals surface area contributed by atoms with Gasteiger partial charge in [0, 0.05) is 12.6 Å². The fourth-order valence-electron chi connectivity index (χ4n) is 3.94. The van der Waals surface area contributed by atoms with Gasteiger partial charge in [0.05, 0.1) is 27.7 Å². The Balaban J connectivity index is 2.04. The number of ether oxygens (including phenoxy) is 1. The van der Waals surface area contributed by atoms with Gasteiger partial charge in [0.1, 0.15) is 18.3 Å². The zero-order valence-corrected chi connectivity index (χ0v) is 25.3. The van der Waals surface area contributed by atoms with Crippen molar-refractivity contribution >= 4 is 50.7 Å². The lowest BCUT2D eigenvalue weighted by atomic mass is 10.1. The molecule has 2 amide bonds. The predicted octanol–water partition coefficient (Wildman–Crippen LogP) is 5.45. The Morgan fingerprint density at radius 3 is 2.10 bits per heavy atom. The molecule has 3 aromatic rings. The number of rotatable bonds is 11. The number of aryl methyl sites for hydroxylation is 1. The van der Waals surface area contributed by atoms with Gasteiger partial charge >= 0.3 is 0 Å². The van der Waals surface area contributed by atoms with E-state index in [-0.39, 0.29) is 29.1 Å². The van der Waals surface area contributed by atoms with Gasteiger partial charge in [-0.3, -0.25) is 13.9 Å². The van der Waals surface area contributed by atoms with Gasteiger partial charge in [-0.1, -0.05) is 47.0 Å². The molecule has 1 atom stereocenters. The van der Waals surface area contributed by atoms with Gasteiger partial charge in [-0.05, 0) is 81.8 Å². The van der Waals surface area contributed by atoms with E-state index in [1.165, 1.54) is 24.1 Å². The number of benzene rings is 3. The van der Waals surface area contributed by atoms with E-state index in [1.807, 2.05) is 20.8 Å². The number of methoxy groups -OCH3 is 1. The lowest BCUT2D eigenvalue weighted by Gasteiger charge is -2.32. The summed E-state index contributed by atoms with van der Waals surface area (Å²) in [5.41, 5.74) is 1.79. The molecular weight excluding hydrogens is 573 g/mol. The number of hydrogen-bond acceptors (Lipinski definition) is 5. The standard InChI is InChI=1S/C29H33Cl2N3O5S/c1-19(2)32-29(36)21(4)33(17-22-8-15-26(30)27(31)16-22)28(35)18-34(23-9-11-24(39-5)12-10-23)40(37,38)25-13-6-20(3)7-14-25/h6-16,19,21H,17-18H2,1-5H3,(H,32,36)/t21-/m1/s1. The van der Waals surface area contributed by atoms with E-state index in [0.717, 1.165) is 9.87 Å². The molecule has 0 saturated carbocycles. The quantitative estimate of drug-likeness (QED) is 0.313. The second-order valence-electron chi connectivity index (χ2n) is 9.63. The SMILES string of the molecule is COc1ccc(N(CC(=O)N(Cc2ccc(Cl)c(Cl)c2)[C@H](C)C(=O)NC(C)C)S(=O)(=O)c2ccc(C)cc2)cc1. The highest BCUT2D eigenvalue weighted by atomic mass is 35.5. The minimum atomic E-state index is -4.16. The first-order valence-electron chi connectivity index (χ1n) is 12.6. The maximum absolute atomic E-state index is 13.9. The van der Waals surface area contributed by atoms with Crippen molar-refractivity contribution in [2.75, 3.05) is 18.0 Å². The average Bonchev–Trinajstić information content (AvgIpc) is 2.91. The van der Waals surface area contributed by atoms with Crippen molar-refractivity contribution in [3.8, 4) is 5.75 Å². The lowest BCUT2D eigenvalue weighted by Crippen LogP contribution is -2.52. The maximum atomic E-state index is 13.9. The molecule has 0 fully saturated rings. The summed E-state index contributed by atoms with van der Waals surface area (Å²) in [4.78, 5) is 28.3. The third kappa shape index (κ3) is 7.68. The van der Waals surface area contributed by atoms with Crippen LogP contribution in [0.25, 0.3) is 0 Å². The Hall–Kier alpha value is -3.27. The summed E-state index contributed by atoms with van der Waals surface area (Å²) in [5.74, 6) is -0.423. The molecule has 0 unspecified atom stereocenters. The van der Waals surface area contributed by atoms with Crippen LogP contribution < -0.4 is 14.4 Å². The Morgan fingerprint density at radius 2 is 1.55 bits per heavy atom. The molecule has 1 N–H and O–H groups in total. The highest BCUT2D eigenvalue weighted by Gasteiger charge is 2.32. The van der Waals surface area contributed by atoms with Crippen LogP contribution in [0.3, 0.4) is 0 Å². The number of hydrogen-bond donors (Lipinski definition) is 1. The van der Waals surface area contributed by atoms with E-state index in [0.29, 0.717) is 21.4 Å². The Labute approximate surface area is 245 Å². The van der Waals surface area contributed by atoms with Crippen molar-refractivity contribution in [1.82, 2.24) is 10.2 Å². The molecule has 3 rings (SSSR count). The van der Waals surface area contributed by atoms with Gasteiger partial charge in [0.2, 0.25) is 11.8 Å². The highest BCUT2D eigenvalue weighted by Crippen LogP contribution is 2.28. The summed E-state index contributed by atoms with van der Waals surface area (Å²) in [6, 6.07) is 16.6. The van der Waals surface area contributed by atoms with Gasteiger partial charge in [-0.15, -0.1) is 0 Å². The van der Waals surface area contributed by atoms with Crippen LogP contribution in [0.2, 0.25) is 10.0 Å². The fraction of sp³-hybridized carbons (Fsp3) is 0.310. The first-order valence-corrected chi connectivity index (χ1v) is 14.8. The van der Waals surface area contributed by atoms with Gasteiger partial charge in [-0.25, -0.2) is 8.42 Å². The molecule has 0 saturated heterocycles. The largest absolute Gasteiger partial charge is 0.497 e. The molecule has 8 nitrogen and oxygen atoms in total. The van der Waals surface area contributed by atoms with Crippen LogP contribution in [0, 0.1) is 6.92 Å². The van der Waals surface area contributed by atoms with Crippen LogP contribution >= 0.6 is 23.2 Å². The molecule has 3 aromatic carbocycles. The summed E-state index contributed by atoms with van der Waals surface area (Å²) >= 11 is 12.3. The van der Waals surface area contributed by atoms with E-state index in [9.17, 15) is 18.0 Å². The minimum Gasteiger partial charge on any atom is -0.497 e. The summed E-state index contributed by atoms with van der Waals surface area (Å²) in [7, 11) is -2.66. The molecule has 0 aromatic heterocycles. The highest BCUT2D eigenvalue weighted by molar-refractivity contribution is 7.92. The lowest BCUT2D eigenvalue weighted by molar-refractivity contribution is -0.139. The van der Waals surface area contributed by atoms with Crippen LogP contribution in [-0.4, -0.2) is 50.9 Å². The normalized spacial score (nSPS) is 12.1. The molecule has 40 heavy (non-hydrogen) atoms. The predicted molar refractivity (Wildman–Crippen MR) is 158 cm³/mol. The molecule has 0 radical (unpaired) electrons. The van der Waals surface area contributed by atoms with Crippen molar-refractivity contribution < 1.29 is 22.7 Å². The molecule has 0 aliphatic carbocycles. The first kappa shape index (κ1) is 31.3. The van der Waals surface area contributed by atoms with E-state index >= 15 is 0 Å². The van der Waals surface area contributed by atoms with Gasteiger partial charge in [-0.2, -0.15) is 0 Å². The monoisotopic (exact) mass is 605 g/mol.